The molecule has 0 amide bonds. The highest BCUT2D eigenvalue weighted by Gasteiger charge is 2.41. The topological polar surface area (TPSA) is 15.6 Å². The number of nitrogens with zero attached hydrogens (tertiary/aromatic N) is 2. The average Bonchev–Trinajstić information content (AvgIpc) is 2.01. The predicted molar refractivity (Wildman–Crippen MR) is 133 cm³/mol. The molecule has 0 aromatic carbocycles. The number of hydrogen-bond donors (Lipinski definition) is 0. The molecular formula is C16H45N2PSi5. The maximum absolute atomic E-state index is 5.71. The van der Waals surface area contributed by atoms with Crippen LogP contribution in [0.5, 0.6) is 0 Å². The standard InChI is InChI=1S/C16H45N2PSi5/c1-20(2,3)16(21(4,5)6)19(17-22(7,8)9)18(23(10,11)12)24(13,14)15/h1-15H3. The van der Waals surface area contributed by atoms with Gasteiger partial charge >= 0.3 is 0 Å². The van der Waals surface area contributed by atoms with Crippen LogP contribution in [-0.2, 0) is 0 Å². The van der Waals surface area contributed by atoms with E-state index in [-0.39, 0.29) is 0 Å². The average molecular weight is 437 g/mol. The summed E-state index contributed by atoms with van der Waals surface area (Å²) < 4.78 is 10.7. The van der Waals surface area contributed by atoms with Crippen molar-refractivity contribution in [3.05, 3.63) is 0 Å². The van der Waals surface area contributed by atoms with Gasteiger partial charge in [-0.05, 0) is 24.2 Å². The van der Waals surface area contributed by atoms with Crippen molar-refractivity contribution in [3.8, 4) is 0 Å². The Labute approximate surface area is 159 Å². The lowest BCUT2D eigenvalue weighted by Gasteiger charge is -2.45. The van der Waals surface area contributed by atoms with E-state index in [2.05, 4.69) is 102 Å². The van der Waals surface area contributed by atoms with Crippen LogP contribution in [0, 0.1) is 0 Å². The third kappa shape index (κ3) is 7.72. The largest absolute Gasteiger partial charge is 0.300 e. The maximum atomic E-state index is 5.71. The highest BCUT2D eigenvalue weighted by Crippen LogP contribution is 2.40. The molecule has 0 saturated carbocycles. The Morgan fingerprint density at radius 3 is 1.04 bits per heavy atom. The van der Waals surface area contributed by atoms with Crippen molar-refractivity contribution in [1.82, 2.24) is 4.00 Å². The molecule has 0 heterocycles. The summed E-state index contributed by atoms with van der Waals surface area (Å²) >= 11 is 0. The Morgan fingerprint density at radius 2 is 0.875 bits per heavy atom. The first-order valence-corrected chi connectivity index (χ1v) is 27.9. The van der Waals surface area contributed by atoms with Gasteiger partial charge in [0.2, 0.25) is 0 Å². The molecule has 1 unspecified atom stereocenters. The van der Waals surface area contributed by atoms with E-state index in [1.807, 2.05) is 4.54 Å². The lowest BCUT2D eigenvalue weighted by atomic mass is 11.7. The molecule has 0 fully saturated rings. The van der Waals surface area contributed by atoms with Gasteiger partial charge in [0.05, 0.1) is 16.1 Å². The van der Waals surface area contributed by atoms with Gasteiger partial charge in [-0.1, -0.05) is 78.6 Å². The molecule has 8 heteroatoms. The fraction of sp³-hybridized carbons (Fsp3) is 0.938. The Morgan fingerprint density at radius 1 is 0.583 bits per heavy atom. The van der Waals surface area contributed by atoms with E-state index < -0.39 is 48.3 Å². The molecule has 0 aliphatic rings. The summed E-state index contributed by atoms with van der Waals surface area (Å²) in [4.78, 5) is 0. The molecule has 0 N–H and O–H groups in total. The molecule has 0 aliphatic carbocycles. The van der Waals surface area contributed by atoms with E-state index in [1.54, 1.807) is 0 Å². The maximum Gasteiger partial charge on any atom is 0.179 e. The highest BCUT2D eigenvalue weighted by molar-refractivity contribution is 7.69. The molecule has 144 valence electrons. The van der Waals surface area contributed by atoms with Gasteiger partial charge in [0.15, 0.2) is 8.24 Å². The summed E-state index contributed by atoms with van der Waals surface area (Å²) in [6.45, 7) is 38.0. The SMILES string of the molecule is C[Si](C)(C)N=P(=C([Si](C)(C)C)[Si](C)(C)C)N([Si](C)(C)C)[Si](C)(C)C. The minimum absolute atomic E-state index is 0.444. The molecule has 0 rings (SSSR count). The van der Waals surface area contributed by atoms with Gasteiger partial charge < -0.3 is 0 Å². The third-order valence-electron chi connectivity index (χ3n) is 3.48. The van der Waals surface area contributed by atoms with E-state index in [1.165, 1.54) is 0 Å². The summed E-state index contributed by atoms with van der Waals surface area (Å²) in [6.07, 6.45) is 0. The predicted octanol–water partition coefficient (Wildman–Crippen LogP) is 7.30. The normalized spacial score (nSPS) is 15.9. The Hall–Kier alpha value is 1.01. The van der Waals surface area contributed by atoms with Crippen LogP contribution >= 0.6 is 7.49 Å². The smallest absolute Gasteiger partial charge is 0.179 e. The zero-order valence-electron chi connectivity index (χ0n) is 19.3. The number of hydrogen-bond acceptors (Lipinski definition) is 1. The summed E-state index contributed by atoms with van der Waals surface area (Å²) in [5, 5.41) is 0. The van der Waals surface area contributed by atoms with Gasteiger partial charge in [-0.2, -0.15) is 0 Å². The molecule has 0 aliphatic heterocycles. The first kappa shape index (κ1) is 25.0. The van der Waals surface area contributed by atoms with E-state index in [9.17, 15) is 0 Å². The van der Waals surface area contributed by atoms with E-state index >= 15 is 0 Å². The van der Waals surface area contributed by atoms with Crippen molar-refractivity contribution in [2.24, 2.45) is 4.41 Å². The van der Waals surface area contributed by atoms with Crippen molar-refractivity contribution < 1.29 is 0 Å². The highest BCUT2D eigenvalue weighted by atomic mass is 31.1. The molecule has 24 heavy (non-hydrogen) atoms. The number of rotatable bonds is 6. The van der Waals surface area contributed by atoms with Gasteiger partial charge in [-0.3, -0.25) is 8.41 Å². The lowest BCUT2D eigenvalue weighted by Crippen LogP contribution is -2.57. The first-order chi connectivity index (χ1) is 10.1. The fourth-order valence-electron chi connectivity index (χ4n) is 3.78. The lowest BCUT2D eigenvalue weighted by molar-refractivity contribution is 0.989. The monoisotopic (exact) mass is 436 g/mol. The Balaban J connectivity index is 7.30. The van der Waals surface area contributed by atoms with Gasteiger partial charge in [0.1, 0.15) is 16.5 Å². The van der Waals surface area contributed by atoms with Crippen LogP contribution in [0.4, 0.5) is 0 Å². The van der Waals surface area contributed by atoms with Crippen LogP contribution in [0.1, 0.15) is 0 Å². The molecule has 0 aromatic rings. The van der Waals surface area contributed by atoms with Gasteiger partial charge in [-0.25, -0.2) is 0 Å². The van der Waals surface area contributed by atoms with Crippen molar-refractivity contribution in [1.29, 1.82) is 0 Å². The molecular weight excluding hydrogens is 392 g/mol. The van der Waals surface area contributed by atoms with Gasteiger partial charge in [0, 0.05) is 7.49 Å². The second-order valence-corrected chi connectivity index (χ2v) is 40.7. The summed E-state index contributed by atoms with van der Waals surface area (Å²) in [5.41, 5.74) is 0. The van der Waals surface area contributed by atoms with Crippen LogP contribution in [0.2, 0.25) is 98.2 Å². The Kier molecular flexibility index (Phi) is 7.88. The minimum Gasteiger partial charge on any atom is -0.300 e. The van der Waals surface area contributed by atoms with Gasteiger partial charge in [-0.15, -0.1) is 0 Å². The quantitative estimate of drug-likeness (QED) is 0.315. The van der Waals surface area contributed by atoms with Crippen molar-refractivity contribution in [3.63, 3.8) is 0 Å². The van der Waals surface area contributed by atoms with Crippen molar-refractivity contribution in [2.75, 3.05) is 0 Å². The van der Waals surface area contributed by atoms with Crippen LogP contribution in [0.25, 0.3) is 0 Å². The van der Waals surface area contributed by atoms with Gasteiger partial charge in [0.25, 0.3) is 0 Å². The van der Waals surface area contributed by atoms with E-state index in [0.29, 0.717) is 0 Å². The minimum atomic E-state index is -1.48. The molecule has 2 nitrogen and oxygen atoms in total. The van der Waals surface area contributed by atoms with Crippen molar-refractivity contribution in [2.45, 2.75) is 98.2 Å². The molecule has 0 bridgehead atoms. The van der Waals surface area contributed by atoms with Crippen LogP contribution in [0.15, 0.2) is 4.41 Å². The summed E-state index contributed by atoms with van der Waals surface area (Å²) in [5.74, 6) is 0. The molecule has 1 atom stereocenters. The molecule has 0 radical (unpaired) electrons. The molecule has 0 spiro atoms. The van der Waals surface area contributed by atoms with Crippen LogP contribution < -0.4 is 0 Å². The van der Waals surface area contributed by atoms with Crippen molar-refractivity contribution >= 4 is 52.9 Å². The second kappa shape index (κ2) is 7.56. The van der Waals surface area contributed by atoms with E-state index in [0.717, 1.165) is 0 Å². The van der Waals surface area contributed by atoms with Crippen LogP contribution in [-0.4, -0.2) is 49.4 Å². The summed E-state index contributed by atoms with van der Waals surface area (Å²) in [7, 11) is -7.52. The van der Waals surface area contributed by atoms with E-state index in [4.69, 9.17) is 4.41 Å². The molecule has 0 saturated heterocycles. The Bertz CT molecular complexity index is 501. The zero-order chi connectivity index (χ0) is 19.9. The molecule has 0 aromatic heterocycles. The summed E-state index contributed by atoms with van der Waals surface area (Å²) in [6, 6.07) is 0. The first-order valence-electron chi connectivity index (χ1n) is 9.29. The fourth-order valence-corrected chi connectivity index (χ4v) is 37.5. The zero-order valence-corrected chi connectivity index (χ0v) is 25.2. The van der Waals surface area contributed by atoms with Crippen LogP contribution in [0.3, 0.4) is 0 Å². The third-order valence-corrected chi connectivity index (χ3v) is 31.3. The second-order valence-electron chi connectivity index (χ2n) is 12.1.